The molecule has 1 aromatic carbocycles. The van der Waals surface area contributed by atoms with Crippen molar-refractivity contribution in [1.82, 2.24) is 10.2 Å². The molecule has 17 heavy (non-hydrogen) atoms. The van der Waals surface area contributed by atoms with Crippen LogP contribution in [-0.2, 0) is 6.42 Å². The molecule has 2 aromatic rings. The van der Waals surface area contributed by atoms with Gasteiger partial charge in [-0.25, -0.2) is 0 Å². The average Bonchev–Trinajstić information content (AvgIpc) is 2.63. The topological polar surface area (TPSA) is 71.8 Å². The molecule has 0 saturated carbocycles. The fourth-order valence-electron chi connectivity index (χ4n) is 1.70. The van der Waals surface area contributed by atoms with Crippen molar-refractivity contribution in [3.05, 3.63) is 29.5 Å². The third kappa shape index (κ3) is 2.22. The predicted molar refractivity (Wildman–Crippen MR) is 54.4 cm³/mol. The summed E-state index contributed by atoms with van der Waals surface area (Å²) in [5.41, 5.74) is 5.22. The minimum atomic E-state index is -4.41. The van der Waals surface area contributed by atoms with Crippen molar-refractivity contribution in [3.8, 4) is 0 Å². The van der Waals surface area contributed by atoms with Crippen molar-refractivity contribution in [1.29, 1.82) is 0 Å². The molecule has 7 heteroatoms. The summed E-state index contributed by atoms with van der Waals surface area (Å²) in [4.78, 5) is 11.1. The van der Waals surface area contributed by atoms with E-state index in [4.69, 9.17) is 5.73 Å². The van der Waals surface area contributed by atoms with Crippen LogP contribution in [0.5, 0.6) is 0 Å². The molecule has 0 unspecified atom stereocenters. The number of rotatable bonds is 2. The molecule has 0 spiro atoms. The molecule has 0 aliphatic rings. The second-order valence-corrected chi connectivity index (χ2v) is 3.58. The van der Waals surface area contributed by atoms with Crippen molar-refractivity contribution < 1.29 is 18.0 Å². The lowest BCUT2D eigenvalue weighted by molar-refractivity contribution is -0.127. The third-order valence-corrected chi connectivity index (χ3v) is 2.38. The summed E-state index contributed by atoms with van der Waals surface area (Å²) in [7, 11) is 0. The zero-order chi connectivity index (χ0) is 12.6. The van der Waals surface area contributed by atoms with Gasteiger partial charge in [-0.2, -0.15) is 18.3 Å². The average molecular weight is 243 g/mol. The van der Waals surface area contributed by atoms with Gasteiger partial charge in [0.25, 0.3) is 0 Å². The highest BCUT2D eigenvalue weighted by Crippen LogP contribution is 2.28. The van der Waals surface area contributed by atoms with E-state index in [1.807, 2.05) is 0 Å². The third-order valence-electron chi connectivity index (χ3n) is 2.38. The first-order chi connectivity index (χ1) is 7.88. The largest absolute Gasteiger partial charge is 0.393 e. The summed E-state index contributed by atoms with van der Waals surface area (Å²) in [6.45, 7) is 0. The number of aromatic amines is 1. The zero-order valence-electron chi connectivity index (χ0n) is 8.51. The normalized spacial score (nSPS) is 11.9. The summed E-state index contributed by atoms with van der Waals surface area (Å²) in [6, 6.07) is 2.74. The maximum absolute atomic E-state index is 12.4. The van der Waals surface area contributed by atoms with Crippen molar-refractivity contribution in [2.45, 2.75) is 12.6 Å². The smallest absolute Gasteiger partial charge is 0.366 e. The van der Waals surface area contributed by atoms with Crippen LogP contribution in [0.25, 0.3) is 10.9 Å². The zero-order valence-corrected chi connectivity index (χ0v) is 8.51. The van der Waals surface area contributed by atoms with Gasteiger partial charge < -0.3 is 5.73 Å². The number of aromatic nitrogens is 2. The van der Waals surface area contributed by atoms with Gasteiger partial charge in [0.2, 0.25) is 5.91 Å². The lowest BCUT2D eigenvalue weighted by Crippen LogP contribution is -2.19. The quantitative estimate of drug-likeness (QED) is 0.843. The number of alkyl halides is 3. The van der Waals surface area contributed by atoms with E-state index in [-0.39, 0.29) is 16.5 Å². The van der Waals surface area contributed by atoms with Crippen LogP contribution in [0.1, 0.15) is 15.9 Å². The molecule has 0 bridgehead atoms. The van der Waals surface area contributed by atoms with Gasteiger partial charge in [0, 0.05) is 10.9 Å². The van der Waals surface area contributed by atoms with E-state index in [1.165, 1.54) is 18.3 Å². The van der Waals surface area contributed by atoms with E-state index >= 15 is 0 Å². The van der Waals surface area contributed by atoms with Gasteiger partial charge in [-0.1, -0.05) is 0 Å². The highest BCUT2D eigenvalue weighted by Gasteiger charge is 2.31. The van der Waals surface area contributed by atoms with Crippen molar-refractivity contribution in [2.75, 3.05) is 0 Å². The second kappa shape index (κ2) is 3.76. The van der Waals surface area contributed by atoms with Crippen LogP contribution < -0.4 is 5.73 Å². The molecular formula is C10H8F3N3O. The molecular weight excluding hydrogens is 235 g/mol. The maximum atomic E-state index is 12.4. The van der Waals surface area contributed by atoms with Crippen LogP contribution in [0.3, 0.4) is 0 Å². The molecule has 0 radical (unpaired) electrons. The van der Waals surface area contributed by atoms with Crippen LogP contribution >= 0.6 is 0 Å². The number of H-pyrrole nitrogens is 1. The Labute approximate surface area is 93.6 Å². The molecule has 90 valence electrons. The first-order valence-corrected chi connectivity index (χ1v) is 4.70. The lowest BCUT2D eigenvalue weighted by Gasteiger charge is -2.10. The van der Waals surface area contributed by atoms with E-state index in [0.29, 0.717) is 5.52 Å². The number of nitrogens with one attached hydrogen (secondary N) is 1. The number of benzene rings is 1. The Hall–Kier alpha value is -2.05. The highest BCUT2D eigenvalue weighted by atomic mass is 19.4. The molecule has 1 aromatic heterocycles. The SMILES string of the molecule is NC(=O)c1ccc2[nH]ncc2c1CC(F)(F)F. The highest BCUT2D eigenvalue weighted by molar-refractivity contribution is 5.99. The maximum Gasteiger partial charge on any atom is 0.393 e. The number of hydrogen-bond donors (Lipinski definition) is 2. The van der Waals surface area contributed by atoms with Crippen molar-refractivity contribution in [2.24, 2.45) is 5.73 Å². The molecule has 0 aliphatic carbocycles. The van der Waals surface area contributed by atoms with Gasteiger partial charge in [-0.05, 0) is 17.7 Å². The van der Waals surface area contributed by atoms with E-state index < -0.39 is 18.5 Å². The van der Waals surface area contributed by atoms with Gasteiger partial charge in [-0.15, -0.1) is 0 Å². The molecule has 2 rings (SSSR count). The van der Waals surface area contributed by atoms with Gasteiger partial charge in [0.05, 0.1) is 18.1 Å². The van der Waals surface area contributed by atoms with Crippen molar-refractivity contribution in [3.63, 3.8) is 0 Å². The van der Waals surface area contributed by atoms with Crippen LogP contribution in [-0.4, -0.2) is 22.3 Å². The molecule has 0 fully saturated rings. The van der Waals surface area contributed by atoms with E-state index in [2.05, 4.69) is 10.2 Å². The Bertz CT molecular complexity index is 574. The number of nitrogens with two attached hydrogens (primary N) is 1. The lowest BCUT2D eigenvalue weighted by atomic mass is 10.00. The minimum absolute atomic E-state index is 0.128. The fraction of sp³-hybridized carbons (Fsp3) is 0.200. The molecule has 0 atom stereocenters. The number of hydrogen-bond acceptors (Lipinski definition) is 2. The Balaban J connectivity index is 2.65. The Morgan fingerprint density at radius 1 is 1.41 bits per heavy atom. The molecule has 0 aliphatic heterocycles. The van der Waals surface area contributed by atoms with E-state index in [1.54, 1.807) is 0 Å². The van der Waals surface area contributed by atoms with Crippen LogP contribution in [0.4, 0.5) is 13.2 Å². The number of amides is 1. The van der Waals surface area contributed by atoms with E-state index in [9.17, 15) is 18.0 Å². The number of primary amides is 1. The minimum Gasteiger partial charge on any atom is -0.366 e. The summed E-state index contributed by atoms with van der Waals surface area (Å²) in [5.74, 6) is -0.882. The summed E-state index contributed by atoms with van der Waals surface area (Å²) in [6.07, 6.45) is -4.36. The molecule has 0 saturated heterocycles. The molecule has 1 heterocycles. The number of carbonyl (C=O) groups is 1. The van der Waals surface area contributed by atoms with Gasteiger partial charge in [-0.3, -0.25) is 9.89 Å². The van der Waals surface area contributed by atoms with Crippen LogP contribution in [0.15, 0.2) is 18.3 Å². The van der Waals surface area contributed by atoms with E-state index in [0.717, 1.165) is 0 Å². The number of nitrogens with zero attached hydrogens (tertiary/aromatic N) is 1. The van der Waals surface area contributed by atoms with Gasteiger partial charge in [0.1, 0.15) is 0 Å². The fourth-order valence-corrected chi connectivity index (χ4v) is 1.70. The monoisotopic (exact) mass is 243 g/mol. The standard InChI is InChI=1S/C10H8F3N3O/c11-10(12,13)3-6-5(9(14)17)1-2-8-7(6)4-15-16-8/h1-2,4H,3H2,(H2,14,17)(H,15,16). The second-order valence-electron chi connectivity index (χ2n) is 3.58. The molecule has 1 amide bonds. The Morgan fingerprint density at radius 2 is 2.12 bits per heavy atom. The number of carbonyl (C=O) groups excluding carboxylic acids is 1. The Morgan fingerprint density at radius 3 is 2.71 bits per heavy atom. The molecule has 3 N–H and O–H groups in total. The van der Waals surface area contributed by atoms with Gasteiger partial charge in [0.15, 0.2) is 0 Å². The predicted octanol–water partition coefficient (Wildman–Crippen LogP) is 1.77. The van der Waals surface area contributed by atoms with Gasteiger partial charge >= 0.3 is 6.18 Å². The number of fused-ring (bicyclic) bond motifs is 1. The summed E-state index contributed by atoms with van der Waals surface area (Å²) in [5, 5.41) is 6.45. The van der Waals surface area contributed by atoms with Crippen molar-refractivity contribution >= 4 is 16.8 Å². The van der Waals surface area contributed by atoms with Crippen LogP contribution in [0.2, 0.25) is 0 Å². The Kier molecular flexibility index (Phi) is 2.53. The first-order valence-electron chi connectivity index (χ1n) is 4.70. The summed E-state index contributed by atoms with van der Waals surface area (Å²) >= 11 is 0. The first kappa shape index (κ1) is 11.4. The number of halogens is 3. The summed E-state index contributed by atoms with van der Waals surface area (Å²) < 4.78 is 37.3. The van der Waals surface area contributed by atoms with Crippen LogP contribution in [0, 0.1) is 0 Å². The molecule has 4 nitrogen and oxygen atoms in total.